The third-order valence-electron chi connectivity index (χ3n) is 2.53. The van der Waals surface area contributed by atoms with Crippen LogP contribution in [0.4, 0.5) is 21.5 Å². The Labute approximate surface area is 116 Å². The van der Waals surface area contributed by atoms with Crippen LogP contribution in [0.1, 0.15) is 13.3 Å². The molecule has 0 bridgehead atoms. The molecule has 0 saturated heterocycles. The third-order valence-corrected chi connectivity index (χ3v) is 2.84. The second-order valence-corrected chi connectivity index (χ2v) is 4.55. The van der Waals surface area contributed by atoms with Gasteiger partial charge in [-0.1, -0.05) is 18.5 Å². The Balaban J connectivity index is 2.14. The lowest BCUT2D eigenvalue weighted by Crippen LogP contribution is -2.01. The van der Waals surface area contributed by atoms with Gasteiger partial charge < -0.3 is 10.6 Å². The SMILES string of the molecule is CCCNc1cncc(Nc2ccc(F)cc2Cl)c1. The molecular formula is C14H15ClFN3. The highest BCUT2D eigenvalue weighted by molar-refractivity contribution is 6.33. The van der Waals surface area contributed by atoms with Crippen LogP contribution in [0.5, 0.6) is 0 Å². The molecule has 0 aliphatic heterocycles. The molecule has 2 aromatic rings. The van der Waals surface area contributed by atoms with E-state index in [0.29, 0.717) is 10.7 Å². The molecule has 1 aromatic carbocycles. The number of anilines is 3. The van der Waals surface area contributed by atoms with Crippen molar-refractivity contribution < 1.29 is 4.39 Å². The van der Waals surface area contributed by atoms with Crippen molar-refractivity contribution >= 4 is 28.7 Å². The Morgan fingerprint density at radius 3 is 2.74 bits per heavy atom. The zero-order valence-electron chi connectivity index (χ0n) is 10.6. The van der Waals surface area contributed by atoms with E-state index in [4.69, 9.17) is 11.6 Å². The topological polar surface area (TPSA) is 37.0 Å². The van der Waals surface area contributed by atoms with Crippen LogP contribution in [0.2, 0.25) is 5.02 Å². The summed E-state index contributed by atoms with van der Waals surface area (Å²) in [7, 11) is 0. The Morgan fingerprint density at radius 2 is 2.00 bits per heavy atom. The second kappa shape index (κ2) is 6.38. The monoisotopic (exact) mass is 279 g/mol. The van der Waals surface area contributed by atoms with E-state index in [-0.39, 0.29) is 5.82 Å². The summed E-state index contributed by atoms with van der Waals surface area (Å²) < 4.78 is 13.0. The molecule has 1 aromatic heterocycles. The highest BCUT2D eigenvalue weighted by Crippen LogP contribution is 2.26. The molecule has 19 heavy (non-hydrogen) atoms. The largest absolute Gasteiger partial charge is 0.384 e. The summed E-state index contributed by atoms with van der Waals surface area (Å²) in [6.07, 6.45) is 4.49. The fourth-order valence-corrected chi connectivity index (χ4v) is 1.84. The van der Waals surface area contributed by atoms with E-state index in [0.717, 1.165) is 24.3 Å². The van der Waals surface area contributed by atoms with Crippen LogP contribution >= 0.6 is 11.6 Å². The molecule has 0 unspecified atom stereocenters. The van der Waals surface area contributed by atoms with Crippen LogP contribution in [-0.2, 0) is 0 Å². The summed E-state index contributed by atoms with van der Waals surface area (Å²) in [6.45, 7) is 2.99. The van der Waals surface area contributed by atoms with Crippen LogP contribution in [0, 0.1) is 5.82 Å². The van der Waals surface area contributed by atoms with Crippen LogP contribution in [0.15, 0.2) is 36.7 Å². The fraction of sp³-hybridized carbons (Fsp3) is 0.214. The van der Waals surface area contributed by atoms with Crippen molar-refractivity contribution in [1.82, 2.24) is 4.98 Å². The van der Waals surface area contributed by atoms with Gasteiger partial charge in [0.25, 0.3) is 0 Å². The van der Waals surface area contributed by atoms with Crippen molar-refractivity contribution in [3.05, 3.63) is 47.5 Å². The van der Waals surface area contributed by atoms with Crippen LogP contribution in [-0.4, -0.2) is 11.5 Å². The first-order valence-electron chi connectivity index (χ1n) is 6.10. The average molecular weight is 280 g/mol. The van der Waals surface area contributed by atoms with E-state index in [1.165, 1.54) is 12.1 Å². The van der Waals surface area contributed by atoms with Gasteiger partial charge in [-0.3, -0.25) is 4.98 Å². The zero-order valence-corrected chi connectivity index (χ0v) is 11.3. The summed E-state index contributed by atoms with van der Waals surface area (Å²) in [6, 6.07) is 6.17. The second-order valence-electron chi connectivity index (χ2n) is 4.14. The predicted octanol–water partition coefficient (Wildman–Crippen LogP) is 4.44. The normalized spacial score (nSPS) is 10.3. The van der Waals surface area contributed by atoms with Gasteiger partial charge in [-0.2, -0.15) is 0 Å². The van der Waals surface area contributed by atoms with E-state index in [1.807, 2.05) is 6.07 Å². The number of aromatic nitrogens is 1. The van der Waals surface area contributed by atoms with Crippen LogP contribution < -0.4 is 10.6 Å². The molecule has 0 spiro atoms. The predicted molar refractivity (Wildman–Crippen MR) is 77.7 cm³/mol. The van der Waals surface area contributed by atoms with E-state index >= 15 is 0 Å². The van der Waals surface area contributed by atoms with Crippen molar-refractivity contribution in [2.24, 2.45) is 0 Å². The number of hydrogen-bond acceptors (Lipinski definition) is 3. The molecule has 0 atom stereocenters. The molecule has 0 aliphatic rings. The Morgan fingerprint density at radius 1 is 1.21 bits per heavy atom. The quantitative estimate of drug-likeness (QED) is 0.849. The molecule has 0 saturated carbocycles. The molecule has 0 radical (unpaired) electrons. The van der Waals surface area contributed by atoms with Gasteiger partial charge in [0.15, 0.2) is 0 Å². The standard InChI is InChI=1S/C14H15ClFN3/c1-2-5-18-11-7-12(9-17-8-11)19-14-4-3-10(16)6-13(14)15/h3-4,6-9,18-19H,2,5H2,1H3. The lowest BCUT2D eigenvalue weighted by molar-refractivity contribution is 0.628. The minimum Gasteiger partial charge on any atom is -0.384 e. The third kappa shape index (κ3) is 3.83. The average Bonchev–Trinajstić information content (AvgIpc) is 2.40. The number of hydrogen-bond donors (Lipinski definition) is 2. The van der Waals surface area contributed by atoms with Gasteiger partial charge in [-0.05, 0) is 30.7 Å². The number of benzene rings is 1. The van der Waals surface area contributed by atoms with Crippen molar-refractivity contribution in [2.45, 2.75) is 13.3 Å². The van der Waals surface area contributed by atoms with Crippen molar-refractivity contribution in [3.8, 4) is 0 Å². The summed E-state index contributed by atoms with van der Waals surface area (Å²) >= 11 is 5.96. The number of nitrogens with one attached hydrogen (secondary N) is 2. The summed E-state index contributed by atoms with van der Waals surface area (Å²) in [5, 5.41) is 6.70. The number of nitrogens with zero attached hydrogens (tertiary/aromatic N) is 1. The van der Waals surface area contributed by atoms with E-state index < -0.39 is 0 Å². The lowest BCUT2D eigenvalue weighted by Gasteiger charge is -2.10. The molecule has 3 nitrogen and oxygen atoms in total. The minimum absolute atomic E-state index is 0.340. The van der Waals surface area contributed by atoms with Gasteiger partial charge in [-0.25, -0.2) is 4.39 Å². The van der Waals surface area contributed by atoms with Crippen molar-refractivity contribution in [3.63, 3.8) is 0 Å². The maximum absolute atomic E-state index is 13.0. The van der Waals surface area contributed by atoms with E-state index in [2.05, 4.69) is 22.5 Å². The maximum atomic E-state index is 13.0. The summed E-state index contributed by atoms with van der Waals surface area (Å²) in [4.78, 5) is 4.14. The van der Waals surface area contributed by atoms with Crippen molar-refractivity contribution in [1.29, 1.82) is 0 Å². The number of rotatable bonds is 5. The van der Waals surface area contributed by atoms with Crippen molar-refractivity contribution in [2.75, 3.05) is 17.2 Å². The Kier molecular flexibility index (Phi) is 4.58. The fourth-order valence-electron chi connectivity index (χ4n) is 1.62. The molecule has 2 rings (SSSR count). The van der Waals surface area contributed by atoms with E-state index in [9.17, 15) is 4.39 Å². The molecule has 0 aliphatic carbocycles. The van der Waals surface area contributed by atoms with Gasteiger partial charge in [0.1, 0.15) is 5.82 Å². The Bertz CT molecular complexity index is 560. The van der Waals surface area contributed by atoms with E-state index in [1.54, 1.807) is 18.5 Å². The van der Waals surface area contributed by atoms with Crippen LogP contribution in [0.3, 0.4) is 0 Å². The van der Waals surface area contributed by atoms with Gasteiger partial charge in [0.05, 0.1) is 34.5 Å². The molecule has 2 N–H and O–H groups in total. The maximum Gasteiger partial charge on any atom is 0.124 e. The van der Waals surface area contributed by atoms with Gasteiger partial charge in [0.2, 0.25) is 0 Å². The van der Waals surface area contributed by atoms with Crippen LogP contribution in [0.25, 0.3) is 0 Å². The number of pyridine rings is 1. The summed E-state index contributed by atoms with van der Waals surface area (Å²) in [5.41, 5.74) is 2.39. The van der Waals surface area contributed by atoms with Gasteiger partial charge >= 0.3 is 0 Å². The molecular weight excluding hydrogens is 265 g/mol. The molecule has 1 heterocycles. The highest BCUT2D eigenvalue weighted by atomic mass is 35.5. The molecule has 5 heteroatoms. The molecule has 0 amide bonds. The first kappa shape index (κ1) is 13.6. The van der Waals surface area contributed by atoms with Gasteiger partial charge in [0, 0.05) is 6.54 Å². The molecule has 0 fully saturated rings. The first-order valence-corrected chi connectivity index (χ1v) is 6.48. The smallest absolute Gasteiger partial charge is 0.124 e. The Hall–Kier alpha value is -1.81. The zero-order chi connectivity index (χ0) is 13.7. The minimum atomic E-state index is -0.355. The lowest BCUT2D eigenvalue weighted by atomic mass is 10.3. The highest BCUT2D eigenvalue weighted by Gasteiger charge is 2.03. The molecule has 100 valence electrons. The first-order chi connectivity index (χ1) is 9.19. The summed E-state index contributed by atoms with van der Waals surface area (Å²) in [5.74, 6) is -0.355. The number of halogens is 2. The van der Waals surface area contributed by atoms with Gasteiger partial charge in [-0.15, -0.1) is 0 Å².